The molecule has 2 atom stereocenters. The van der Waals surface area contributed by atoms with Gasteiger partial charge in [-0.2, -0.15) is 26.3 Å². The van der Waals surface area contributed by atoms with Gasteiger partial charge in [-0.1, -0.05) is 6.07 Å². The van der Waals surface area contributed by atoms with Gasteiger partial charge in [-0.25, -0.2) is 9.18 Å². The number of aliphatic carboxylic acids is 1. The van der Waals surface area contributed by atoms with Crippen LogP contribution in [0.5, 0.6) is 0 Å². The Balaban J connectivity index is 0.000000505. The summed E-state index contributed by atoms with van der Waals surface area (Å²) in [7, 11) is 0. The second-order valence-corrected chi connectivity index (χ2v) is 9.11. The number of carbonyl (C=O) groups excluding carboxylic acids is 1. The Labute approximate surface area is 214 Å². The van der Waals surface area contributed by atoms with Crippen molar-refractivity contribution < 1.29 is 45.4 Å². The highest BCUT2D eigenvalue weighted by Gasteiger charge is 2.38. The van der Waals surface area contributed by atoms with E-state index in [1.807, 2.05) is 4.90 Å². The van der Waals surface area contributed by atoms with E-state index in [1.54, 1.807) is 6.07 Å². The van der Waals surface area contributed by atoms with Gasteiger partial charge in [0.15, 0.2) is 0 Å². The minimum atomic E-state index is -5.08. The number of carboxylic acid groups (broad SMARTS) is 1. The molecule has 0 aliphatic carbocycles. The SMILES string of the molecule is CC1CCCN1C1CCN(c2ccc(NC(=O)c3cccc(F)c3)c(C(F)(F)F)c2)C1.O=C(O)C(F)(F)F. The molecule has 0 bridgehead atoms. The first kappa shape index (κ1) is 29.2. The van der Waals surface area contributed by atoms with Crippen molar-refractivity contribution in [2.24, 2.45) is 0 Å². The molecule has 2 N–H and O–H groups in total. The number of carbonyl (C=O) groups is 2. The van der Waals surface area contributed by atoms with Crippen LogP contribution in [0.2, 0.25) is 0 Å². The highest BCUT2D eigenvalue weighted by Crippen LogP contribution is 2.38. The molecule has 2 unspecified atom stereocenters. The Bertz CT molecular complexity index is 1150. The van der Waals surface area contributed by atoms with Crippen LogP contribution in [0.4, 0.5) is 42.1 Å². The average Bonchev–Trinajstić information content (AvgIpc) is 3.47. The number of anilines is 2. The van der Waals surface area contributed by atoms with Crippen molar-refractivity contribution in [3.8, 4) is 0 Å². The molecule has 2 fully saturated rings. The smallest absolute Gasteiger partial charge is 0.475 e. The van der Waals surface area contributed by atoms with Crippen molar-refractivity contribution in [1.82, 2.24) is 4.90 Å². The summed E-state index contributed by atoms with van der Waals surface area (Å²) >= 11 is 0. The normalized spacial score (nSPS) is 20.2. The number of nitrogens with zero attached hydrogens (tertiary/aromatic N) is 2. The van der Waals surface area contributed by atoms with E-state index in [0.29, 0.717) is 30.9 Å². The van der Waals surface area contributed by atoms with E-state index in [-0.39, 0.29) is 11.3 Å². The lowest BCUT2D eigenvalue weighted by Gasteiger charge is -2.29. The van der Waals surface area contributed by atoms with Crippen molar-refractivity contribution in [3.63, 3.8) is 0 Å². The minimum absolute atomic E-state index is 0.0423. The summed E-state index contributed by atoms with van der Waals surface area (Å²) in [6.07, 6.45) is -6.48. The second-order valence-electron chi connectivity index (χ2n) is 9.11. The van der Waals surface area contributed by atoms with Crippen LogP contribution in [0.15, 0.2) is 42.5 Å². The number of hydrogen-bond acceptors (Lipinski definition) is 4. The molecule has 2 heterocycles. The number of hydrogen-bond donors (Lipinski definition) is 2. The number of carboxylic acids is 1. The molecule has 2 aromatic carbocycles. The molecular formula is C25H26F7N3O3. The van der Waals surface area contributed by atoms with Gasteiger partial charge < -0.3 is 15.3 Å². The van der Waals surface area contributed by atoms with E-state index in [1.165, 1.54) is 24.3 Å². The molecule has 13 heteroatoms. The largest absolute Gasteiger partial charge is 0.490 e. The van der Waals surface area contributed by atoms with Gasteiger partial charge in [-0.05, 0) is 69.1 Å². The van der Waals surface area contributed by atoms with Crippen LogP contribution in [0, 0.1) is 5.82 Å². The number of benzene rings is 2. The van der Waals surface area contributed by atoms with E-state index in [4.69, 9.17) is 9.90 Å². The molecule has 0 saturated carbocycles. The predicted molar refractivity (Wildman–Crippen MR) is 126 cm³/mol. The molecule has 2 aliphatic heterocycles. The first-order chi connectivity index (χ1) is 17.7. The van der Waals surface area contributed by atoms with Gasteiger partial charge in [0.2, 0.25) is 0 Å². The third-order valence-corrected chi connectivity index (χ3v) is 6.49. The fourth-order valence-electron chi connectivity index (χ4n) is 4.64. The number of amides is 1. The van der Waals surface area contributed by atoms with Gasteiger partial charge in [-0.15, -0.1) is 0 Å². The molecule has 6 nitrogen and oxygen atoms in total. The van der Waals surface area contributed by atoms with Crippen LogP contribution < -0.4 is 10.2 Å². The zero-order valence-corrected chi connectivity index (χ0v) is 20.2. The molecule has 0 spiro atoms. The van der Waals surface area contributed by atoms with Gasteiger partial charge in [0.05, 0.1) is 11.3 Å². The van der Waals surface area contributed by atoms with Crippen molar-refractivity contribution in [3.05, 3.63) is 59.4 Å². The number of rotatable bonds is 4. The first-order valence-corrected chi connectivity index (χ1v) is 11.8. The number of nitrogens with one attached hydrogen (secondary N) is 1. The Kier molecular flexibility index (Phi) is 8.90. The summed E-state index contributed by atoms with van der Waals surface area (Å²) in [6, 6.07) is 9.67. The summed E-state index contributed by atoms with van der Waals surface area (Å²) < 4.78 is 86.4. The molecule has 1 amide bonds. The fourth-order valence-corrected chi connectivity index (χ4v) is 4.64. The van der Waals surface area contributed by atoms with Gasteiger partial charge in [0.25, 0.3) is 5.91 Å². The Morgan fingerprint density at radius 3 is 2.24 bits per heavy atom. The van der Waals surface area contributed by atoms with Gasteiger partial charge in [0, 0.05) is 36.4 Å². The van der Waals surface area contributed by atoms with E-state index in [9.17, 15) is 35.5 Å². The summed E-state index contributed by atoms with van der Waals surface area (Å²) in [5.74, 6) is -4.18. The molecule has 0 aromatic heterocycles. The quantitative estimate of drug-likeness (QED) is 0.473. The second kappa shape index (κ2) is 11.6. The number of alkyl halides is 6. The zero-order valence-electron chi connectivity index (χ0n) is 20.2. The highest BCUT2D eigenvalue weighted by atomic mass is 19.4. The van der Waals surface area contributed by atoms with Gasteiger partial charge >= 0.3 is 18.3 Å². The van der Waals surface area contributed by atoms with Crippen LogP contribution in [0.1, 0.15) is 42.1 Å². The van der Waals surface area contributed by atoms with E-state index in [2.05, 4.69) is 17.1 Å². The Morgan fingerprint density at radius 2 is 1.68 bits per heavy atom. The topological polar surface area (TPSA) is 72.9 Å². The van der Waals surface area contributed by atoms with E-state index in [0.717, 1.165) is 37.9 Å². The lowest BCUT2D eigenvalue weighted by Crippen LogP contribution is -2.39. The van der Waals surface area contributed by atoms with Crippen molar-refractivity contribution in [2.75, 3.05) is 29.9 Å². The molecule has 2 aromatic rings. The maximum absolute atomic E-state index is 13.8. The monoisotopic (exact) mass is 549 g/mol. The van der Waals surface area contributed by atoms with Crippen molar-refractivity contribution in [1.29, 1.82) is 0 Å². The summed E-state index contributed by atoms with van der Waals surface area (Å²) in [4.78, 5) is 25.7. The minimum Gasteiger partial charge on any atom is -0.475 e. The standard InChI is InChI=1S/C23H25F4N3O.C2HF3O2/c1-15-4-3-10-30(15)19-9-11-29(14-19)18-7-8-21(20(13-18)23(25,26)27)28-22(31)16-5-2-6-17(24)12-16;3-2(4,5)1(6)7/h2,5-8,12-13,15,19H,3-4,9-11,14H2,1H3,(H,28,31);(H,6,7). The van der Waals surface area contributed by atoms with Crippen molar-refractivity contribution in [2.45, 2.75) is 50.6 Å². The molecule has 208 valence electrons. The third-order valence-electron chi connectivity index (χ3n) is 6.49. The first-order valence-electron chi connectivity index (χ1n) is 11.8. The lowest BCUT2D eigenvalue weighted by atomic mass is 10.1. The fraction of sp³-hybridized carbons (Fsp3) is 0.440. The Morgan fingerprint density at radius 1 is 1.00 bits per heavy atom. The summed E-state index contributed by atoms with van der Waals surface area (Å²) in [6.45, 7) is 4.63. The lowest BCUT2D eigenvalue weighted by molar-refractivity contribution is -0.192. The molecule has 2 aliphatic rings. The summed E-state index contributed by atoms with van der Waals surface area (Å²) in [5.41, 5.74) is -0.799. The Hall–Kier alpha value is -3.35. The van der Waals surface area contributed by atoms with Crippen LogP contribution in [0.25, 0.3) is 0 Å². The maximum atomic E-state index is 13.8. The molecule has 2 saturated heterocycles. The number of likely N-dealkylation sites (tertiary alicyclic amines) is 1. The molecular weight excluding hydrogens is 523 g/mol. The molecule has 4 rings (SSSR count). The number of halogens is 7. The highest BCUT2D eigenvalue weighted by molar-refractivity contribution is 6.04. The van der Waals surface area contributed by atoms with Gasteiger partial charge in [0.1, 0.15) is 5.82 Å². The van der Waals surface area contributed by atoms with Crippen LogP contribution in [0.3, 0.4) is 0 Å². The van der Waals surface area contributed by atoms with E-state index >= 15 is 0 Å². The average molecular weight is 549 g/mol. The van der Waals surface area contributed by atoms with Crippen LogP contribution in [-0.4, -0.2) is 59.8 Å². The maximum Gasteiger partial charge on any atom is 0.490 e. The predicted octanol–water partition coefficient (Wildman–Crippen LogP) is 5.79. The summed E-state index contributed by atoms with van der Waals surface area (Å²) in [5, 5.41) is 9.41. The molecule has 0 radical (unpaired) electrons. The zero-order chi connectivity index (χ0) is 28.3. The molecule has 38 heavy (non-hydrogen) atoms. The van der Waals surface area contributed by atoms with Gasteiger partial charge in [-0.3, -0.25) is 9.69 Å². The van der Waals surface area contributed by atoms with E-state index < -0.39 is 35.6 Å². The van der Waals surface area contributed by atoms with Crippen LogP contribution in [-0.2, 0) is 11.0 Å². The third kappa shape index (κ3) is 7.36. The van der Waals surface area contributed by atoms with Crippen LogP contribution >= 0.6 is 0 Å². The van der Waals surface area contributed by atoms with Crippen molar-refractivity contribution >= 4 is 23.3 Å².